The molecule has 5 nitrogen and oxygen atoms in total. The summed E-state index contributed by atoms with van der Waals surface area (Å²) in [6.07, 6.45) is 0.597. The molecule has 0 rings (SSSR count). The van der Waals surface area contributed by atoms with Gasteiger partial charge in [-0.05, 0) is 6.42 Å². The highest BCUT2D eigenvalue weighted by Crippen LogP contribution is 2.02. The fourth-order valence-electron chi connectivity index (χ4n) is 1.12. The summed E-state index contributed by atoms with van der Waals surface area (Å²) in [7, 11) is 1.59. The smallest absolute Gasteiger partial charge is 0.109 e. The van der Waals surface area contributed by atoms with E-state index in [0.717, 1.165) is 12.8 Å². The molecule has 0 fully saturated rings. The molecular weight excluding hydrogens is 212 g/mol. The minimum atomic E-state index is -0.793. The van der Waals surface area contributed by atoms with E-state index >= 15 is 0 Å². The van der Waals surface area contributed by atoms with E-state index < -0.39 is 12.2 Å². The molecule has 0 saturated heterocycles. The van der Waals surface area contributed by atoms with Crippen molar-refractivity contribution in [2.45, 2.75) is 32.0 Å². The minimum Gasteiger partial charge on any atom is -0.394 e. The molecule has 0 spiro atoms. The Balaban J connectivity index is 3.60. The second kappa shape index (κ2) is 11.3. The Morgan fingerprint density at radius 3 is 2.50 bits per heavy atom. The molecule has 0 aromatic heterocycles. The van der Waals surface area contributed by atoms with Crippen LogP contribution < -0.4 is 0 Å². The van der Waals surface area contributed by atoms with Gasteiger partial charge in [0.1, 0.15) is 12.2 Å². The molecule has 0 aliphatic heterocycles. The molecule has 0 aliphatic carbocycles. The van der Waals surface area contributed by atoms with Gasteiger partial charge in [0.15, 0.2) is 0 Å². The molecule has 0 aromatic carbocycles. The van der Waals surface area contributed by atoms with E-state index in [9.17, 15) is 5.11 Å². The van der Waals surface area contributed by atoms with Gasteiger partial charge in [0.2, 0.25) is 0 Å². The van der Waals surface area contributed by atoms with E-state index in [1.165, 1.54) is 0 Å². The topological polar surface area (TPSA) is 68.2 Å². The van der Waals surface area contributed by atoms with Gasteiger partial charge in [-0.3, -0.25) is 0 Å². The monoisotopic (exact) mass is 236 g/mol. The lowest BCUT2D eigenvalue weighted by molar-refractivity contribution is -0.0938. The molecule has 98 valence electrons. The van der Waals surface area contributed by atoms with Gasteiger partial charge in [0.05, 0.1) is 26.4 Å². The summed E-state index contributed by atoms with van der Waals surface area (Å²) in [6, 6.07) is 0. The molecule has 16 heavy (non-hydrogen) atoms. The van der Waals surface area contributed by atoms with Crippen LogP contribution in [0.4, 0.5) is 0 Å². The largest absolute Gasteiger partial charge is 0.394 e. The van der Waals surface area contributed by atoms with Gasteiger partial charge in [0.25, 0.3) is 0 Å². The van der Waals surface area contributed by atoms with E-state index in [2.05, 4.69) is 6.92 Å². The molecule has 0 radical (unpaired) electrons. The van der Waals surface area contributed by atoms with Crippen molar-refractivity contribution in [2.75, 3.05) is 40.1 Å². The molecule has 2 N–H and O–H groups in total. The minimum absolute atomic E-state index is 0.153. The van der Waals surface area contributed by atoms with Crippen molar-refractivity contribution < 1.29 is 24.4 Å². The number of hydrogen-bond acceptors (Lipinski definition) is 5. The number of hydrogen-bond donors (Lipinski definition) is 2. The van der Waals surface area contributed by atoms with Crippen molar-refractivity contribution >= 4 is 0 Å². The van der Waals surface area contributed by atoms with E-state index in [4.69, 9.17) is 19.3 Å². The number of aliphatic hydroxyl groups is 2. The van der Waals surface area contributed by atoms with Crippen LogP contribution in [0.25, 0.3) is 0 Å². The average molecular weight is 236 g/mol. The lowest BCUT2D eigenvalue weighted by atomic mass is 10.2. The summed E-state index contributed by atoms with van der Waals surface area (Å²) in [6.45, 7) is 3.49. The maximum absolute atomic E-state index is 9.66. The molecule has 0 saturated carbocycles. The third-order valence-electron chi connectivity index (χ3n) is 2.16. The summed E-state index contributed by atoms with van der Waals surface area (Å²) >= 11 is 0. The molecule has 0 aromatic rings. The lowest BCUT2D eigenvalue weighted by Gasteiger charge is -2.21. The van der Waals surface area contributed by atoms with Gasteiger partial charge >= 0.3 is 0 Å². The summed E-state index contributed by atoms with van der Waals surface area (Å²) in [5.41, 5.74) is 0. The van der Waals surface area contributed by atoms with Crippen LogP contribution in [0.2, 0.25) is 0 Å². The first-order chi connectivity index (χ1) is 7.76. The van der Waals surface area contributed by atoms with Gasteiger partial charge in [-0.15, -0.1) is 0 Å². The molecule has 2 unspecified atom stereocenters. The van der Waals surface area contributed by atoms with E-state index in [1.54, 1.807) is 7.11 Å². The highest BCUT2D eigenvalue weighted by atomic mass is 16.5. The molecule has 0 heterocycles. The van der Waals surface area contributed by atoms with Crippen molar-refractivity contribution in [3.8, 4) is 0 Å². The van der Waals surface area contributed by atoms with Crippen molar-refractivity contribution in [3.63, 3.8) is 0 Å². The van der Waals surface area contributed by atoms with Gasteiger partial charge < -0.3 is 24.4 Å². The Kier molecular flexibility index (Phi) is 11.1. The number of rotatable bonds is 11. The first kappa shape index (κ1) is 15.8. The average Bonchev–Trinajstić information content (AvgIpc) is 2.30. The van der Waals surface area contributed by atoms with Gasteiger partial charge in [0, 0.05) is 13.7 Å². The number of aliphatic hydroxyl groups excluding tert-OH is 2. The summed E-state index contributed by atoms with van der Waals surface area (Å²) < 4.78 is 15.3. The van der Waals surface area contributed by atoms with Crippen molar-refractivity contribution in [2.24, 2.45) is 0 Å². The van der Waals surface area contributed by atoms with Crippen LogP contribution in [0.5, 0.6) is 0 Å². The van der Waals surface area contributed by atoms with Gasteiger partial charge in [-0.25, -0.2) is 0 Å². The van der Waals surface area contributed by atoms with Crippen LogP contribution in [0.3, 0.4) is 0 Å². The fourth-order valence-corrected chi connectivity index (χ4v) is 1.12. The first-order valence-electron chi connectivity index (χ1n) is 5.73. The molecule has 5 heteroatoms. The van der Waals surface area contributed by atoms with Crippen molar-refractivity contribution in [1.82, 2.24) is 0 Å². The standard InChI is InChI=1S/C11H24O5/c1-3-4-5-16-11(8-12)10(13)9-15-7-6-14-2/h10-13H,3-9H2,1-2H3. The SMILES string of the molecule is CCCCOC(CO)C(O)COCCOC. The van der Waals surface area contributed by atoms with Gasteiger partial charge in [-0.1, -0.05) is 13.3 Å². The number of methoxy groups -OCH3 is 1. The van der Waals surface area contributed by atoms with Crippen LogP contribution in [-0.2, 0) is 14.2 Å². The van der Waals surface area contributed by atoms with Crippen LogP contribution >= 0.6 is 0 Å². The van der Waals surface area contributed by atoms with Crippen molar-refractivity contribution in [1.29, 1.82) is 0 Å². The van der Waals surface area contributed by atoms with Gasteiger partial charge in [-0.2, -0.15) is 0 Å². The van der Waals surface area contributed by atoms with Crippen LogP contribution in [0, 0.1) is 0 Å². The maximum atomic E-state index is 9.66. The Morgan fingerprint density at radius 1 is 1.19 bits per heavy atom. The quantitative estimate of drug-likeness (QED) is 0.501. The zero-order valence-corrected chi connectivity index (χ0v) is 10.2. The molecule has 2 atom stereocenters. The second-order valence-electron chi connectivity index (χ2n) is 3.58. The van der Waals surface area contributed by atoms with Crippen LogP contribution in [0.1, 0.15) is 19.8 Å². The molecular formula is C11H24O5. The third kappa shape index (κ3) is 8.01. The first-order valence-corrected chi connectivity index (χ1v) is 5.73. The third-order valence-corrected chi connectivity index (χ3v) is 2.16. The molecule has 0 amide bonds. The Hall–Kier alpha value is -0.200. The normalized spacial score (nSPS) is 15.0. The highest BCUT2D eigenvalue weighted by Gasteiger charge is 2.18. The summed E-state index contributed by atoms with van der Waals surface area (Å²) in [5, 5.41) is 18.7. The number of unbranched alkanes of at least 4 members (excludes halogenated alkanes) is 1. The Bertz CT molecular complexity index is 142. The lowest BCUT2D eigenvalue weighted by Crippen LogP contribution is -2.36. The zero-order chi connectivity index (χ0) is 12.2. The predicted molar refractivity (Wildman–Crippen MR) is 60.4 cm³/mol. The Labute approximate surface area is 97.3 Å². The van der Waals surface area contributed by atoms with E-state index in [-0.39, 0.29) is 13.2 Å². The van der Waals surface area contributed by atoms with Crippen LogP contribution in [0.15, 0.2) is 0 Å². The maximum Gasteiger partial charge on any atom is 0.109 e. The van der Waals surface area contributed by atoms with E-state index in [0.29, 0.717) is 19.8 Å². The van der Waals surface area contributed by atoms with Crippen molar-refractivity contribution in [3.05, 3.63) is 0 Å². The molecule has 0 bridgehead atoms. The summed E-state index contributed by atoms with van der Waals surface area (Å²) in [4.78, 5) is 0. The fraction of sp³-hybridized carbons (Fsp3) is 1.00. The molecule has 0 aliphatic rings. The number of ether oxygens (including phenoxy) is 3. The highest BCUT2D eigenvalue weighted by molar-refractivity contribution is 4.67. The van der Waals surface area contributed by atoms with E-state index in [1.807, 2.05) is 0 Å². The Morgan fingerprint density at radius 2 is 1.94 bits per heavy atom. The van der Waals surface area contributed by atoms with Crippen LogP contribution in [-0.4, -0.2) is 62.6 Å². The predicted octanol–water partition coefficient (Wildman–Crippen LogP) is 0.188. The second-order valence-corrected chi connectivity index (χ2v) is 3.58. The zero-order valence-electron chi connectivity index (χ0n) is 10.2. The summed E-state index contributed by atoms with van der Waals surface area (Å²) in [5.74, 6) is 0.